The normalized spacial score (nSPS) is 40.6. The minimum absolute atomic E-state index is 0.138. The molecule has 194 valence electrons. The van der Waals surface area contributed by atoms with E-state index in [1.165, 1.54) is 5.57 Å². The van der Waals surface area contributed by atoms with Gasteiger partial charge in [-0.15, -0.1) is 0 Å². The number of hydrogen-bond acceptors (Lipinski definition) is 5. The fourth-order valence-electron chi connectivity index (χ4n) is 7.93. The van der Waals surface area contributed by atoms with Crippen molar-refractivity contribution < 1.29 is 24.6 Å². The Labute approximate surface area is 212 Å². The summed E-state index contributed by atoms with van der Waals surface area (Å²) in [5.41, 5.74) is 1.24. The maximum absolute atomic E-state index is 12.8. The first-order valence-electron chi connectivity index (χ1n) is 13.6. The van der Waals surface area contributed by atoms with Gasteiger partial charge in [-0.05, 0) is 92.6 Å². The fraction of sp³-hybridized carbons (Fsp3) is 0.621. The molecule has 0 radical (unpaired) electrons. The first-order valence-corrected chi connectivity index (χ1v) is 13.6. The summed E-state index contributed by atoms with van der Waals surface area (Å²) in [6, 6.07) is -0.662. The molecule has 0 unspecified atom stereocenters. The Hall–Kier alpha value is -2.67. The largest absolute Gasteiger partial charge is 0.507 e. The highest BCUT2D eigenvalue weighted by molar-refractivity contribution is 6.27. The quantitative estimate of drug-likeness (QED) is 0.348. The molecule has 1 saturated heterocycles. The number of fused-ring (bicyclic) bond motifs is 7. The highest BCUT2D eigenvalue weighted by atomic mass is 16.3. The molecule has 8 atom stereocenters. The van der Waals surface area contributed by atoms with Crippen molar-refractivity contribution in [3.8, 4) is 0 Å². The number of aliphatic hydroxyl groups excluding tert-OH is 2. The summed E-state index contributed by atoms with van der Waals surface area (Å²) in [6.45, 7) is 2.80. The van der Waals surface area contributed by atoms with Gasteiger partial charge in [-0.25, -0.2) is 0 Å². The first-order chi connectivity index (χ1) is 17.4. The monoisotopic (exact) mass is 494 g/mol. The molecule has 2 bridgehead atoms. The molecule has 7 nitrogen and oxygen atoms in total. The van der Waals surface area contributed by atoms with Crippen molar-refractivity contribution in [1.29, 1.82) is 0 Å². The van der Waals surface area contributed by atoms with E-state index in [9.17, 15) is 24.6 Å². The van der Waals surface area contributed by atoms with Gasteiger partial charge < -0.3 is 20.8 Å². The van der Waals surface area contributed by atoms with Gasteiger partial charge in [0.15, 0.2) is 5.78 Å². The van der Waals surface area contributed by atoms with Crippen LogP contribution < -0.4 is 10.6 Å². The first kappa shape index (κ1) is 25.0. The van der Waals surface area contributed by atoms with Crippen LogP contribution in [0, 0.1) is 41.4 Å². The highest BCUT2D eigenvalue weighted by Crippen LogP contribution is 2.60. The third-order valence-corrected chi connectivity index (χ3v) is 9.49. The summed E-state index contributed by atoms with van der Waals surface area (Å²) in [5.74, 6) is 1.40. The van der Waals surface area contributed by atoms with Crippen molar-refractivity contribution in [3.63, 3.8) is 0 Å². The van der Waals surface area contributed by atoms with Crippen LogP contribution in [0.4, 0.5) is 0 Å². The van der Waals surface area contributed by atoms with Crippen LogP contribution in [0.1, 0.15) is 51.9 Å². The Morgan fingerprint density at radius 1 is 1.03 bits per heavy atom. The van der Waals surface area contributed by atoms with E-state index >= 15 is 0 Å². The molecule has 0 aromatic heterocycles. The molecular formula is C29H38N2O5. The second-order valence-corrected chi connectivity index (χ2v) is 11.2. The second-order valence-electron chi connectivity index (χ2n) is 11.2. The molecule has 2 heterocycles. The lowest BCUT2D eigenvalue weighted by atomic mass is 9.63. The number of rotatable bonds is 2. The van der Waals surface area contributed by atoms with Gasteiger partial charge in [0.1, 0.15) is 11.3 Å². The van der Waals surface area contributed by atoms with Crippen LogP contribution in [0.5, 0.6) is 0 Å². The van der Waals surface area contributed by atoms with Crippen molar-refractivity contribution in [2.75, 3.05) is 13.2 Å². The van der Waals surface area contributed by atoms with Gasteiger partial charge in [0.05, 0.1) is 6.04 Å². The lowest BCUT2D eigenvalue weighted by molar-refractivity contribution is -0.118. The molecule has 2 amide bonds. The van der Waals surface area contributed by atoms with E-state index < -0.39 is 11.9 Å². The smallest absolute Gasteiger partial charge is 0.259 e. The summed E-state index contributed by atoms with van der Waals surface area (Å²) in [5, 5.41) is 26.5. The molecule has 7 heteroatoms. The van der Waals surface area contributed by atoms with Gasteiger partial charge in [-0.1, -0.05) is 30.7 Å². The maximum Gasteiger partial charge on any atom is 0.259 e. The van der Waals surface area contributed by atoms with Gasteiger partial charge in [-0.2, -0.15) is 0 Å². The van der Waals surface area contributed by atoms with Crippen LogP contribution in [-0.2, 0) is 14.4 Å². The van der Waals surface area contributed by atoms with E-state index in [-0.39, 0.29) is 41.5 Å². The molecule has 0 aromatic rings. The number of hydrogen-bond donors (Lipinski definition) is 4. The average molecular weight is 495 g/mol. The van der Waals surface area contributed by atoms with E-state index in [1.807, 2.05) is 12.2 Å². The Balaban J connectivity index is 1.44. The van der Waals surface area contributed by atoms with Crippen LogP contribution in [0.15, 0.2) is 47.3 Å². The SMILES string of the molecule is CCC1=C[C@H]2C[C@@H]3[C@H](CC[C@@H]4/C=C/C(O)=C5C(=O)N[C@@H](CCCNC(=O)/C=C\C[C@@H]34)C5=O)[C@H]2[C@@H]1CO. The molecule has 4 N–H and O–H groups in total. The summed E-state index contributed by atoms with van der Waals surface area (Å²) < 4.78 is 0. The van der Waals surface area contributed by atoms with Gasteiger partial charge in [-0.3, -0.25) is 14.4 Å². The average Bonchev–Trinajstić information content (AvgIpc) is 3.49. The molecule has 5 aliphatic rings. The van der Waals surface area contributed by atoms with Crippen molar-refractivity contribution in [2.24, 2.45) is 41.4 Å². The molecule has 5 rings (SSSR count). The minimum atomic E-state index is -0.662. The summed E-state index contributed by atoms with van der Waals surface area (Å²) >= 11 is 0. The molecule has 3 fully saturated rings. The van der Waals surface area contributed by atoms with Gasteiger partial charge in [0.2, 0.25) is 5.91 Å². The van der Waals surface area contributed by atoms with E-state index in [0.29, 0.717) is 49.0 Å². The third kappa shape index (κ3) is 4.47. The van der Waals surface area contributed by atoms with Crippen LogP contribution >= 0.6 is 0 Å². The Bertz CT molecular complexity index is 1040. The van der Waals surface area contributed by atoms with Crippen LogP contribution in [0.2, 0.25) is 0 Å². The van der Waals surface area contributed by atoms with Gasteiger partial charge in [0, 0.05) is 19.1 Å². The van der Waals surface area contributed by atoms with Crippen molar-refractivity contribution >= 4 is 17.6 Å². The van der Waals surface area contributed by atoms with Crippen LogP contribution in [-0.4, -0.2) is 47.0 Å². The summed E-state index contributed by atoms with van der Waals surface area (Å²) in [6.07, 6.45) is 15.3. The fourth-order valence-corrected chi connectivity index (χ4v) is 7.93. The number of nitrogens with one attached hydrogen (secondary N) is 2. The molecule has 0 spiro atoms. The topological polar surface area (TPSA) is 116 Å². The standard InChI is InChI=1S/C29H38N2O5/c1-2-16-13-18-14-21-19-5-3-7-25(34)30-12-4-6-23-28(35)27(29(36)31-23)24(33)11-9-17(19)8-10-20(21)26(18)22(16)15-32/h3,7,9,11,13,17-23,26,32-33H,2,4-6,8,10,12,14-15H2,1H3,(H,30,34)(H,31,36)/b7-3-,11-9+,27-24?/t17-,18+,19-,20+,21+,22-,23+,26+/m1/s1. The third-order valence-electron chi connectivity index (χ3n) is 9.49. The Kier molecular flexibility index (Phi) is 7.20. The zero-order valence-electron chi connectivity index (χ0n) is 21.0. The number of ketones is 1. The number of carbonyl (C=O) groups is 3. The number of amides is 2. The number of allylic oxidation sites excluding steroid dienone is 4. The Morgan fingerprint density at radius 2 is 1.86 bits per heavy atom. The predicted molar refractivity (Wildman–Crippen MR) is 135 cm³/mol. The van der Waals surface area contributed by atoms with Gasteiger partial charge >= 0.3 is 0 Å². The number of carbonyl (C=O) groups excluding carboxylic acids is 3. The Morgan fingerprint density at radius 3 is 2.64 bits per heavy atom. The van der Waals surface area contributed by atoms with Gasteiger partial charge in [0.25, 0.3) is 5.91 Å². The molecule has 2 aliphatic heterocycles. The molecule has 36 heavy (non-hydrogen) atoms. The summed E-state index contributed by atoms with van der Waals surface area (Å²) in [7, 11) is 0. The lowest BCUT2D eigenvalue weighted by Crippen LogP contribution is -2.35. The molecule has 0 aromatic carbocycles. The molecule has 2 saturated carbocycles. The van der Waals surface area contributed by atoms with E-state index in [4.69, 9.17) is 0 Å². The van der Waals surface area contributed by atoms with E-state index in [2.05, 4.69) is 23.6 Å². The maximum atomic E-state index is 12.8. The molecular weight excluding hydrogens is 456 g/mol. The zero-order valence-corrected chi connectivity index (χ0v) is 21.0. The molecule has 3 aliphatic carbocycles. The van der Waals surface area contributed by atoms with E-state index in [0.717, 1.165) is 32.1 Å². The predicted octanol–water partition coefficient (Wildman–Crippen LogP) is 3.13. The zero-order chi connectivity index (χ0) is 25.4. The number of aliphatic hydroxyl groups is 2. The van der Waals surface area contributed by atoms with Crippen molar-refractivity contribution in [1.82, 2.24) is 10.6 Å². The second kappa shape index (κ2) is 10.4. The summed E-state index contributed by atoms with van der Waals surface area (Å²) in [4.78, 5) is 37.6. The highest BCUT2D eigenvalue weighted by Gasteiger charge is 2.53. The van der Waals surface area contributed by atoms with Crippen molar-refractivity contribution in [2.45, 2.75) is 57.9 Å². The van der Waals surface area contributed by atoms with Crippen LogP contribution in [0.3, 0.4) is 0 Å². The lowest BCUT2D eigenvalue weighted by Gasteiger charge is -2.41. The number of Topliss-reactive ketones (excluding diaryl/α,β-unsaturated/α-hetero) is 1. The van der Waals surface area contributed by atoms with E-state index in [1.54, 1.807) is 12.2 Å². The van der Waals surface area contributed by atoms with Crippen molar-refractivity contribution in [3.05, 3.63) is 47.3 Å². The van der Waals surface area contributed by atoms with Crippen LogP contribution in [0.25, 0.3) is 0 Å². The minimum Gasteiger partial charge on any atom is -0.507 e.